The van der Waals surface area contributed by atoms with Crippen molar-refractivity contribution < 1.29 is 37.9 Å². The molecule has 1 atom stereocenters. The normalized spacial score (nSPS) is 16.5. The van der Waals surface area contributed by atoms with Gasteiger partial charge in [-0.15, -0.1) is 0 Å². The van der Waals surface area contributed by atoms with E-state index in [1.165, 1.54) is 28.7 Å². The number of fused-ring (bicyclic) bond motifs is 3. The number of carboxylic acid groups (broad SMARTS) is 1. The Morgan fingerprint density at radius 3 is 2.50 bits per heavy atom. The number of hydrogen-bond acceptors (Lipinski definition) is 6. The Morgan fingerprint density at radius 2 is 1.81 bits per heavy atom. The number of aliphatic carboxylic acids is 1. The van der Waals surface area contributed by atoms with Crippen LogP contribution in [0, 0.1) is 17.5 Å². The van der Waals surface area contributed by atoms with Gasteiger partial charge in [-0.2, -0.15) is 0 Å². The van der Waals surface area contributed by atoms with Crippen molar-refractivity contribution in [3.05, 3.63) is 75.9 Å². The maximum Gasteiger partial charge on any atom is 0.307 e. The molecule has 0 bridgehead atoms. The van der Waals surface area contributed by atoms with Crippen LogP contribution >= 0.6 is 0 Å². The lowest BCUT2D eigenvalue weighted by Crippen LogP contribution is -2.26. The minimum Gasteiger partial charge on any atom is -0.481 e. The van der Waals surface area contributed by atoms with E-state index in [0.29, 0.717) is 12.1 Å². The molecule has 2 aliphatic rings. The zero-order chi connectivity index (χ0) is 23.2. The molecule has 1 amide bonds. The summed E-state index contributed by atoms with van der Waals surface area (Å²) in [5.74, 6) is -7.54. The number of benzene rings is 2. The molecule has 2 aliphatic heterocycles. The first kappa shape index (κ1) is 21.2. The number of rotatable bonds is 5. The molecule has 8 nitrogen and oxygen atoms in total. The molecule has 0 saturated heterocycles. The second-order valence-electron chi connectivity index (χ2n) is 7.16. The fourth-order valence-corrected chi connectivity index (χ4v) is 3.98. The quantitative estimate of drug-likeness (QED) is 0.370. The van der Waals surface area contributed by atoms with Gasteiger partial charge in [-0.25, -0.2) is 18.7 Å². The van der Waals surface area contributed by atoms with E-state index in [2.05, 4.69) is 4.99 Å². The topological polar surface area (TPSA) is 119 Å². The standard InChI is InChI=1S/C21H14F3N3O5/c22-11-5-13(24)12(23)3-10(11)8-27-14-2-1-9(4-17(29)30)18(21(31)26-32)20(14)19-15(27)6-25-7-16(19)28/h1-3,5-7,19,32H,4,8H2,(H,26,31)(H,29,30). The monoisotopic (exact) mass is 445 g/mol. The molecule has 0 spiro atoms. The predicted octanol–water partition coefficient (Wildman–Crippen LogP) is 2.45. The first-order valence-corrected chi connectivity index (χ1v) is 9.23. The highest BCUT2D eigenvalue weighted by Crippen LogP contribution is 2.48. The Hall–Kier alpha value is -3.99. The van der Waals surface area contributed by atoms with E-state index in [0.717, 1.165) is 6.21 Å². The van der Waals surface area contributed by atoms with E-state index in [9.17, 15) is 37.9 Å². The molecule has 11 heteroatoms. The molecule has 0 aromatic heterocycles. The van der Waals surface area contributed by atoms with Crippen molar-refractivity contribution in [2.24, 2.45) is 4.99 Å². The van der Waals surface area contributed by atoms with Gasteiger partial charge in [0.2, 0.25) is 0 Å². The molecule has 0 aliphatic carbocycles. The highest BCUT2D eigenvalue weighted by molar-refractivity contribution is 6.33. The van der Waals surface area contributed by atoms with Crippen molar-refractivity contribution in [3.63, 3.8) is 0 Å². The van der Waals surface area contributed by atoms with Crippen LogP contribution in [0.15, 0.2) is 41.2 Å². The lowest BCUT2D eigenvalue weighted by Gasteiger charge is -2.23. The third kappa shape index (κ3) is 3.42. The number of carbonyl (C=O) groups is 3. The minimum absolute atomic E-state index is 0.0401. The summed E-state index contributed by atoms with van der Waals surface area (Å²) in [5.41, 5.74) is 1.62. The molecule has 164 valence electrons. The fourth-order valence-electron chi connectivity index (χ4n) is 3.98. The Labute approximate surface area is 178 Å². The Morgan fingerprint density at radius 1 is 1.09 bits per heavy atom. The summed E-state index contributed by atoms with van der Waals surface area (Å²) in [6, 6.07) is 3.85. The number of hydrogen-bond donors (Lipinski definition) is 3. The molecule has 0 fully saturated rings. The van der Waals surface area contributed by atoms with Crippen LogP contribution < -0.4 is 10.4 Å². The molecule has 4 rings (SSSR count). The maximum atomic E-state index is 14.3. The van der Waals surface area contributed by atoms with E-state index < -0.39 is 47.5 Å². The number of ketones is 1. The zero-order valence-electron chi connectivity index (χ0n) is 16.1. The number of amides is 1. The largest absolute Gasteiger partial charge is 0.481 e. The summed E-state index contributed by atoms with van der Waals surface area (Å²) in [7, 11) is 0. The van der Waals surface area contributed by atoms with Gasteiger partial charge in [-0.3, -0.25) is 24.6 Å². The molecule has 2 heterocycles. The second kappa shape index (κ2) is 7.93. The summed E-state index contributed by atoms with van der Waals surface area (Å²) in [5, 5.41) is 18.4. The third-order valence-electron chi connectivity index (χ3n) is 5.28. The number of allylic oxidation sites excluding steroid dienone is 1. The van der Waals surface area contributed by atoms with Crippen LogP contribution in [0.4, 0.5) is 18.9 Å². The SMILES string of the molecule is O=C(O)Cc1ccc2c(c1C(=O)NO)C1C(=O)C=NC=C1N2Cc1cc(F)c(F)cc1F. The van der Waals surface area contributed by atoms with Crippen LogP contribution in [0.3, 0.4) is 0 Å². The van der Waals surface area contributed by atoms with Crippen LogP contribution in [0.1, 0.15) is 33.0 Å². The summed E-state index contributed by atoms with van der Waals surface area (Å²) in [6.07, 6.45) is 1.76. The number of anilines is 1. The van der Waals surface area contributed by atoms with Gasteiger partial charge in [0.15, 0.2) is 17.4 Å². The number of carboxylic acids is 1. The smallest absolute Gasteiger partial charge is 0.307 e. The van der Waals surface area contributed by atoms with E-state index in [1.54, 1.807) is 0 Å². The highest BCUT2D eigenvalue weighted by Gasteiger charge is 2.43. The van der Waals surface area contributed by atoms with Gasteiger partial charge in [-0.1, -0.05) is 6.07 Å². The van der Waals surface area contributed by atoms with Crippen LogP contribution in [0.25, 0.3) is 0 Å². The lowest BCUT2D eigenvalue weighted by molar-refractivity contribution is -0.136. The predicted molar refractivity (Wildman–Crippen MR) is 104 cm³/mol. The molecule has 2 aromatic carbocycles. The molecular weight excluding hydrogens is 431 g/mol. The van der Waals surface area contributed by atoms with Gasteiger partial charge in [0, 0.05) is 29.1 Å². The molecule has 2 aromatic rings. The number of halogens is 3. The van der Waals surface area contributed by atoms with Gasteiger partial charge < -0.3 is 10.0 Å². The van der Waals surface area contributed by atoms with Gasteiger partial charge in [0.1, 0.15) is 5.82 Å². The number of hydroxylamine groups is 1. The van der Waals surface area contributed by atoms with E-state index in [-0.39, 0.29) is 40.2 Å². The summed E-state index contributed by atoms with van der Waals surface area (Å²) < 4.78 is 41.4. The zero-order valence-corrected chi connectivity index (χ0v) is 16.1. The minimum atomic E-state index is -1.36. The first-order valence-electron chi connectivity index (χ1n) is 9.23. The van der Waals surface area contributed by atoms with Crippen LogP contribution in [-0.4, -0.2) is 34.2 Å². The lowest BCUT2D eigenvalue weighted by atomic mass is 9.86. The highest BCUT2D eigenvalue weighted by atomic mass is 19.2. The van der Waals surface area contributed by atoms with Crippen LogP contribution in [-0.2, 0) is 22.6 Å². The average molecular weight is 445 g/mol. The van der Waals surface area contributed by atoms with Crippen molar-refractivity contribution in [3.8, 4) is 0 Å². The summed E-state index contributed by atoms with van der Waals surface area (Å²) >= 11 is 0. The Kier molecular flexibility index (Phi) is 5.26. The van der Waals surface area contributed by atoms with Gasteiger partial charge in [0.05, 0.1) is 36.4 Å². The van der Waals surface area contributed by atoms with Crippen molar-refractivity contribution in [2.75, 3.05) is 4.90 Å². The van der Waals surface area contributed by atoms with Gasteiger partial charge >= 0.3 is 5.97 Å². The Bertz CT molecular complexity index is 1240. The number of carbonyl (C=O) groups excluding carboxylic acids is 2. The average Bonchev–Trinajstić information content (AvgIpc) is 3.05. The number of nitrogens with zero attached hydrogens (tertiary/aromatic N) is 2. The molecule has 32 heavy (non-hydrogen) atoms. The van der Waals surface area contributed by atoms with E-state index >= 15 is 0 Å². The molecule has 3 N–H and O–H groups in total. The molecule has 0 saturated carbocycles. The fraction of sp³-hybridized carbons (Fsp3) is 0.143. The molecular formula is C21H14F3N3O5. The second-order valence-corrected chi connectivity index (χ2v) is 7.16. The number of aliphatic imine (C=N–C) groups is 1. The maximum absolute atomic E-state index is 14.3. The summed E-state index contributed by atoms with van der Waals surface area (Å²) in [4.78, 5) is 41.7. The van der Waals surface area contributed by atoms with E-state index in [4.69, 9.17) is 0 Å². The van der Waals surface area contributed by atoms with Crippen LogP contribution in [0.2, 0.25) is 0 Å². The van der Waals surface area contributed by atoms with Crippen molar-refractivity contribution in [1.29, 1.82) is 0 Å². The summed E-state index contributed by atoms with van der Waals surface area (Å²) in [6.45, 7) is -0.334. The van der Waals surface area contributed by atoms with E-state index in [1.807, 2.05) is 0 Å². The van der Waals surface area contributed by atoms with Crippen molar-refractivity contribution in [1.82, 2.24) is 5.48 Å². The van der Waals surface area contributed by atoms with Crippen molar-refractivity contribution in [2.45, 2.75) is 18.9 Å². The van der Waals surface area contributed by atoms with Gasteiger partial charge in [0.25, 0.3) is 5.91 Å². The Balaban J connectivity index is 1.92. The van der Waals surface area contributed by atoms with Crippen molar-refractivity contribution >= 4 is 29.6 Å². The van der Waals surface area contributed by atoms with Gasteiger partial charge in [-0.05, 0) is 17.7 Å². The third-order valence-corrected chi connectivity index (χ3v) is 5.28. The molecule has 0 radical (unpaired) electrons. The number of Topliss-reactive ketones (excluding diaryl/α,β-unsaturated/α-hetero) is 1. The molecule has 1 unspecified atom stereocenters. The number of nitrogens with one attached hydrogen (secondary N) is 1. The van der Waals surface area contributed by atoms with Crippen LogP contribution in [0.5, 0.6) is 0 Å². The first-order chi connectivity index (χ1) is 15.2.